The van der Waals surface area contributed by atoms with Gasteiger partial charge in [0.1, 0.15) is 11.0 Å². The average molecular weight is 361 g/mol. The van der Waals surface area contributed by atoms with Gasteiger partial charge in [-0.25, -0.2) is 0 Å². The zero-order valence-corrected chi connectivity index (χ0v) is 13.8. The lowest BCUT2D eigenvalue weighted by Gasteiger charge is -2.22. The number of carbonyl (C=O) groups is 1. The summed E-state index contributed by atoms with van der Waals surface area (Å²) in [5.41, 5.74) is 0.875. The molecule has 118 valence electrons. The van der Waals surface area contributed by atoms with Gasteiger partial charge in [-0.1, -0.05) is 35.1 Å². The molecule has 0 saturated carbocycles. The molecule has 1 unspecified atom stereocenters. The summed E-state index contributed by atoms with van der Waals surface area (Å²) >= 11 is 7.26. The van der Waals surface area contributed by atoms with Crippen LogP contribution in [-0.4, -0.2) is 41.9 Å². The maximum Gasteiger partial charge on any atom is 0.245 e. The molecule has 2 aromatic rings. The lowest BCUT2D eigenvalue weighted by atomic mass is 10.2. The Morgan fingerprint density at radius 3 is 3.05 bits per heavy atom. The molecule has 3 rings (SSSR count). The highest BCUT2D eigenvalue weighted by molar-refractivity contribution is 7.18. The van der Waals surface area contributed by atoms with Gasteiger partial charge in [-0.2, -0.15) is 0 Å². The van der Waals surface area contributed by atoms with Crippen LogP contribution in [0, 0.1) is 0 Å². The summed E-state index contributed by atoms with van der Waals surface area (Å²) in [5.74, 6) is -0.163. The van der Waals surface area contributed by atoms with E-state index >= 15 is 0 Å². The maximum absolute atomic E-state index is 12.0. The van der Waals surface area contributed by atoms with Crippen LogP contribution >= 0.6 is 35.3 Å². The first-order valence-corrected chi connectivity index (χ1v) is 7.63. The number of halogens is 2. The van der Waals surface area contributed by atoms with E-state index in [-0.39, 0.29) is 24.4 Å². The normalized spacial score (nSPS) is 17.6. The van der Waals surface area contributed by atoms with Crippen molar-refractivity contribution in [3.8, 4) is 10.6 Å². The summed E-state index contributed by atoms with van der Waals surface area (Å²) in [4.78, 5) is 12.0. The van der Waals surface area contributed by atoms with Crippen LogP contribution in [0.2, 0.25) is 5.02 Å². The second-order valence-corrected chi connectivity index (χ2v) is 5.91. The first-order chi connectivity index (χ1) is 10.2. The van der Waals surface area contributed by atoms with Crippen molar-refractivity contribution in [3.63, 3.8) is 0 Å². The summed E-state index contributed by atoms with van der Waals surface area (Å²) in [6, 6.07) is 7.00. The van der Waals surface area contributed by atoms with Gasteiger partial charge in [-0.05, 0) is 12.1 Å². The van der Waals surface area contributed by atoms with Crippen LogP contribution in [-0.2, 0) is 9.53 Å². The topological polar surface area (TPSA) is 76.1 Å². The molecule has 0 spiro atoms. The van der Waals surface area contributed by atoms with Crippen LogP contribution < -0.4 is 10.6 Å². The maximum atomic E-state index is 12.0. The monoisotopic (exact) mass is 360 g/mol. The second-order valence-electron chi connectivity index (χ2n) is 4.49. The standard InChI is InChI=1S/C13H13ClN4O2S.ClH/c14-9-3-1-2-8(6-9)12-17-18-13(21-12)16-11(19)10-7-20-5-4-15-10;/h1-3,6,10,15H,4-5,7H2,(H,16,18,19);1H. The minimum Gasteiger partial charge on any atom is -0.378 e. The van der Waals surface area contributed by atoms with Gasteiger partial charge >= 0.3 is 0 Å². The third-order valence-corrected chi connectivity index (χ3v) is 4.09. The molecule has 2 N–H and O–H groups in total. The Hall–Kier alpha value is -1.25. The van der Waals surface area contributed by atoms with Gasteiger partial charge in [0.2, 0.25) is 11.0 Å². The van der Waals surface area contributed by atoms with Gasteiger partial charge in [0.15, 0.2) is 0 Å². The molecule has 2 heterocycles. The fraction of sp³-hybridized carbons (Fsp3) is 0.308. The summed E-state index contributed by atoms with van der Waals surface area (Å²) in [7, 11) is 0. The Labute approximate surface area is 142 Å². The summed E-state index contributed by atoms with van der Waals surface area (Å²) < 4.78 is 5.26. The van der Waals surface area contributed by atoms with Gasteiger partial charge in [0, 0.05) is 17.1 Å². The van der Waals surface area contributed by atoms with Crippen LogP contribution in [0.4, 0.5) is 5.13 Å². The molecule has 1 amide bonds. The predicted octanol–water partition coefficient (Wildman–Crippen LogP) is 2.21. The van der Waals surface area contributed by atoms with Crippen LogP contribution in [0.5, 0.6) is 0 Å². The number of hydrogen-bond acceptors (Lipinski definition) is 6. The molecule has 1 aliphatic rings. The summed E-state index contributed by atoms with van der Waals surface area (Å²) in [5, 5.41) is 15.7. The Bertz CT molecular complexity index is 646. The summed E-state index contributed by atoms with van der Waals surface area (Å²) in [6.07, 6.45) is 0. The highest BCUT2D eigenvalue weighted by Gasteiger charge is 2.22. The Morgan fingerprint density at radius 1 is 1.45 bits per heavy atom. The van der Waals surface area contributed by atoms with E-state index in [2.05, 4.69) is 20.8 Å². The minimum atomic E-state index is -0.350. The summed E-state index contributed by atoms with van der Waals surface area (Å²) in [6.45, 7) is 1.66. The fourth-order valence-electron chi connectivity index (χ4n) is 1.94. The van der Waals surface area contributed by atoms with Crippen LogP contribution in [0.15, 0.2) is 24.3 Å². The largest absolute Gasteiger partial charge is 0.378 e. The van der Waals surface area contributed by atoms with E-state index in [0.29, 0.717) is 34.9 Å². The van der Waals surface area contributed by atoms with Gasteiger partial charge in [0.25, 0.3) is 0 Å². The minimum absolute atomic E-state index is 0. The van der Waals surface area contributed by atoms with Gasteiger partial charge in [-0.3, -0.25) is 10.1 Å². The first-order valence-electron chi connectivity index (χ1n) is 6.44. The molecule has 0 radical (unpaired) electrons. The highest BCUT2D eigenvalue weighted by atomic mass is 35.5. The third kappa shape index (κ3) is 4.15. The van der Waals surface area contributed by atoms with Crippen LogP contribution in [0.1, 0.15) is 0 Å². The first kappa shape index (κ1) is 17.1. The zero-order valence-electron chi connectivity index (χ0n) is 11.4. The highest BCUT2D eigenvalue weighted by Crippen LogP contribution is 2.28. The Morgan fingerprint density at radius 2 is 2.32 bits per heavy atom. The number of hydrogen-bond donors (Lipinski definition) is 2. The lowest BCUT2D eigenvalue weighted by Crippen LogP contribution is -2.48. The molecule has 0 bridgehead atoms. The quantitative estimate of drug-likeness (QED) is 0.877. The molecule has 1 aromatic heterocycles. The van der Waals surface area contributed by atoms with E-state index in [0.717, 1.165) is 5.56 Å². The number of anilines is 1. The lowest BCUT2D eigenvalue weighted by molar-refractivity contribution is -0.120. The molecule has 1 atom stereocenters. The third-order valence-electron chi connectivity index (χ3n) is 2.96. The van der Waals surface area contributed by atoms with Gasteiger partial charge in [0.05, 0.1) is 13.2 Å². The smallest absolute Gasteiger partial charge is 0.245 e. The molecule has 9 heteroatoms. The number of aromatic nitrogens is 2. The number of nitrogens with one attached hydrogen (secondary N) is 2. The van der Waals surface area contributed by atoms with E-state index in [4.69, 9.17) is 16.3 Å². The molecule has 22 heavy (non-hydrogen) atoms. The van der Waals surface area contributed by atoms with Crippen molar-refractivity contribution in [2.24, 2.45) is 0 Å². The Kier molecular flexibility index (Phi) is 6.10. The molecule has 1 fully saturated rings. The number of benzene rings is 1. The second kappa shape index (κ2) is 7.85. The molecule has 6 nitrogen and oxygen atoms in total. The number of ether oxygens (including phenoxy) is 1. The van der Waals surface area contributed by atoms with Gasteiger partial charge in [-0.15, -0.1) is 22.6 Å². The van der Waals surface area contributed by atoms with E-state index in [9.17, 15) is 4.79 Å². The van der Waals surface area contributed by atoms with Crippen molar-refractivity contribution in [2.45, 2.75) is 6.04 Å². The molecule has 0 aliphatic carbocycles. The van der Waals surface area contributed by atoms with Crippen molar-refractivity contribution in [3.05, 3.63) is 29.3 Å². The molecule has 1 saturated heterocycles. The van der Waals surface area contributed by atoms with Gasteiger partial charge < -0.3 is 10.1 Å². The van der Waals surface area contributed by atoms with Crippen LogP contribution in [0.3, 0.4) is 0 Å². The van der Waals surface area contributed by atoms with E-state index in [1.54, 1.807) is 6.07 Å². The predicted molar refractivity (Wildman–Crippen MR) is 88.8 cm³/mol. The zero-order chi connectivity index (χ0) is 14.7. The SMILES string of the molecule is Cl.O=C(Nc1nnc(-c2cccc(Cl)c2)s1)C1COCCN1. The number of morpholine rings is 1. The van der Waals surface area contributed by atoms with Crippen molar-refractivity contribution in [2.75, 3.05) is 25.1 Å². The Balaban J connectivity index is 0.00000176. The van der Waals surface area contributed by atoms with Crippen molar-refractivity contribution >= 4 is 46.4 Å². The molecule has 1 aromatic carbocycles. The average Bonchev–Trinajstić information content (AvgIpc) is 2.97. The number of nitrogens with zero attached hydrogens (tertiary/aromatic N) is 2. The van der Waals surface area contributed by atoms with Crippen molar-refractivity contribution in [1.29, 1.82) is 0 Å². The van der Waals surface area contributed by atoms with Crippen LogP contribution in [0.25, 0.3) is 10.6 Å². The van der Waals surface area contributed by atoms with E-state index in [1.807, 2.05) is 18.2 Å². The fourth-order valence-corrected chi connectivity index (χ4v) is 2.87. The molecule has 1 aliphatic heterocycles. The number of amides is 1. The molecular formula is C13H14Cl2N4O2S. The van der Waals surface area contributed by atoms with E-state index in [1.165, 1.54) is 11.3 Å². The number of rotatable bonds is 3. The van der Waals surface area contributed by atoms with E-state index < -0.39 is 0 Å². The van der Waals surface area contributed by atoms with Crippen molar-refractivity contribution in [1.82, 2.24) is 15.5 Å². The number of carbonyl (C=O) groups excluding carboxylic acids is 1. The molecular weight excluding hydrogens is 347 g/mol. The van der Waals surface area contributed by atoms with Crippen molar-refractivity contribution < 1.29 is 9.53 Å².